The smallest absolute Gasteiger partial charge is 0.312 e. The van der Waals surface area contributed by atoms with Crippen LogP contribution in [-0.4, -0.2) is 26.2 Å². The molecule has 0 aliphatic rings. The molecule has 0 heterocycles. The molecular weight excluding hydrogens is 251 g/mol. The van der Waals surface area contributed by atoms with Crippen molar-refractivity contribution in [1.82, 2.24) is 0 Å². The zero-order chi connectivity index (χ0) is 14.2. The van der Waals surface area contributed by atoms with Crippen molar-refractivity contribution in [3.63, 3.8) is 0 Å². The second-order valence-electron chi connectivity index (χ2n) is 4.84. The molecule has 0 amide bonds. The highest BCUT2D eigenvalue weighted by Gasteiger charge is 2.25. The van der Waals surface area contributed by atoms with Gasteiger partial charge in [-0.3, -0.25) is 9.36 Å². The van der Waals surface area contributed by atoms with Gasteiger partial charge in [-0.05, 0) is 32.6 Å². The summed E-state index contributed by atoms with van der Waals surface area (Å²) in [6, 6.07) is 0. The quantitative estimate of drug-likeness (QED) is 0.474. The Morgan fingerprint density at radius 2 is 1.83 bits per heavy atom. The summed E-state index contributed by atoms with van der Waals surface area (Å²) in [7, 11) is -0.594. The van der Waals surface area contributed by atoms with Crippen molar-refractivity contribution in [2.75, 3.05) is 20.4 Å². The fourth-order valence-corrected chi connectivity index (χ4v) is 2.60. The normalized spacial score (nSPS) is 13.2. The van der Waals surface area contributed by atoms with Crippen molar-refractivity contribution in [1.29, 1.82) is 0 Å². The Kier molecular flexibility index (Phi) is 8.41. The number of Topliss-reactive ketones (excluding diaryl/α,β-unsaturated/α-hetero) is 1. The van der Waals surface area contributed by atoms with Crippen LogP contribution in [0.4, 0.5) is 0 Å². The molecule has 0 fully saturated rings. The van der Waals surface area contributed by atoms with E-state index < -0.39 is 7.60 Å². The first-order chi connectivity index (χ1) is 8.33. The highest BCUT2D eigenvalue weighted by molar-refractivity contribution is 7.54. The van der Waals surface area contributed by atoms with Crippen LogP contribution in [0.5, 0.6) is 0 Å². The maximum Gasteiger partial charge on any atom is 0.337 e. The van der Waals surface area contributed by atoms with Crippen molar-refractivity contribution in [3.05, 3.63) is 11.6 Å². The topological polar surface area (TPSA) is 52.6 Å². The largest absolute Gasteiger partial charge is 0.337 e. The Labute approximate surface area is 110 Å². The van der Waals surface area contributed by atoms with Crippen LogP contribution in [0, 0.1) is 5.92 Å². The van der Waals surface area contributed by atoms with Gasteiger partial charge in [-0.15, -0.1) is 0 Å². The molecule has 0 aromatic carbocycles. The zero-order valence-corrected chi connectivity index (χ0v) is 13.0. The van der Waals surface area contributed by atoms with Gasteiger partial charge in [-0.1, -0.05) is 18.6 Å². The zero-order valence-electron chi connectivity index (χ0n) is 12.1. The highest BCUT2D eigenvalue weighted by Crippen LogP contribution is 2.46. The number of carbonyl (C=O) groups excluding carboxylic acids is 1. The van der Waals surface area contributed by atoms with Crippen molar-refractivity contribution in [3.8, 4) is 0 Å². The first-order valence-electron chi connectivity index (χ1n) is 6.18. The molecule has 4 nitrogen and oxygen atoms in total. The lowest BCUT2D eigenvalue weighted by Crippen LogP contribution is -2.11. The monoisotopic (exact) mass is 276 g/mol. The summed E-state index contributed by atoms with van der Waals surface area (Å²) in [5.74, 6) is 0.224. The Morgan fingerprint density at radius 3 is 2.28 bits per heavy atom. The van der Waals surface area contributed by atoms with Crippen molar-refractivity contribution < 1.29 is 18.4 Å². The average Bonchev–Trinajstić information content (AvgIpc) is 2.28. The number of allylic oxidation sites excluding steroid dienone is 2. The van der Waals surface area contributed by atoms with Gasteiger partial charge in [-0.2, -0.15) is 0 Å². The lowest BCUT2D eigenvalue weighted by Gasteiger charge is -2.14. The van der Waals surface area contributed by atoms with E-state index in [1.807, 2.05) is 6.92 Å². The molecule has 0 rings (SSSR count). The molecule has 0 N–H and O–H groups in total. The van der Waals surface area contributed by atoms with Crippen LogP contribution in [0.15, 0.2) is 11.6 Å². The minimum absolute atomic E-state index is 0.0632. The molecule has 0 aromatic heterocycles. The Hall–Kier alpha value is -0.440. The van der Waals surface area contributed by atoms with E-state index in [2.05, 4.69) is 19.9 Å². The second kappa shape index (κ2) is 8.63. The fourth-order valence-electron chi connectivity index (χ4n) is 1.63. The van der Waals surface area contributed by atoms with E-state index in [1.165, 1.54) is 19.8 Å². The standard InChI is InChI=1S/C13H25O4P/c1-11(2)7-6-8-12(3)9-13(14)10-18(15,16-4)17-5/h7,12H,6,8-10H2,1-5H3/t12-/m0/s1. The van der Waals surface area contributed by atoms with Crippen LogP contribution >= 0.6 is 7.60 Å². The molecule has 0 aliphatic carbocycles. The summed E-state index contributed by atoms with van der Waals surface area (Å²) in [4.78, 5) is 11.7. The molecule has 0 aromatic rings. The predicted molar refractivity (Wildman–Crippen MR) is 73.9 cm³/mol. The number of hydrogen-bond donors (Lipinski definition) is 0. The summed E-state index contributed by atoms with van der Waals surface area (Å²) in [5, 5.41) is 0. The van der Waals surface area contributed by atoms with Gasteiger partial charge in [0, 0.05) is 20.6 Å². The van der Waals surface area contributed by atoms with Crippen LogP contribution in [0.25, 0.3) is 0 Å². The molecule has 0 unspecified atom stereocenters. The van der Waals surface area contributed by atoms with E-state index in [-0.39, 0.29) is 17.9 Å². The van der Waals surface area contributed by atoms with E-state index in [0.29, 0.717) is 6.42 Å². The van der Waals surface area contributed by atoms with Crippen LogP contribution in [0.3, 0.4) is 0 Å². The number of carbonyl (C=O) groups is 1. The first-order valence-corrected chi connectivity index (χ1v) is 7.91. The minimum Gasteiger partial charge on any atom is -0.312 e. The Morgan fingerprint density at radius 1 is 1.28 bits per heavy atom. The maximum absolute atomic E-state index is 11.8. The summed E-state index contributed by atoms with van der Waals surface area (Å²) >= 11 is 0. The summed E-state index contributed by atoms with van der Waals surface area (Å²) in [5.41, 5.74) is 1.29. The number of ketones is 1. The molecule has 18 heavy (non-hydrogen) atoms. The number of hydrogen-bond acceptors (Lipinski definition) is 4. The highest BCUT2D eigenvalue weighted by atomic mass is 31.2. The van der Waals surface area contributed by atoms with E-state index in [9.17, 15) is 9.36 Å². The van der Waals surface area contributed by atoms with E-state index in [1.54, 1.807) is 0 Å². The van der Waals surface area contributed by atoms with Crippen LogP contribution in [-0.2, 0) is 18.4 Å². The number of rotatable bonds is 9. The third kappa shape index (κ3) is 7.80. The van der Waals surface area contributed by atoms with Crippen LogP contribution < -0.4 is 0 Å². The summed E-state index contributed by atoms with van der Waals surface area (Å²) in [6.45, 7) is 6.15. The maximum atomic E-state index is 11.8. The molecule has 0 aliphatic heterocycles. The molecule has 1 atom stereocenters. The fraction of sp³-hybridized carbons (Fsp3) is 0.769. The summed E-state index contributed by atoms with van der Waals surface area (Å²) in [6.07, 6.45) is 4.39. The van der Waals surface area contributed by atoms with Gasteiger partial charge in [0.05, 0.1) is 0 Å². The lowest BCUT2D eigenvalue weighted by molar-refractivity contribution is -0.117. The predicted octanol–water partition coefficient (Wildman–Crippen LogP) is 3.81. The minimum atomic E-state index is -3.20. The molecule has 0 spiro atoms. The van der Waals surface area contributed by atoms with Crippen LogP contribution in [0.2, 0.25) is 0 Å². The van der Waals surface area contributed by atoms with Gasteiger partial charge >= 0.3 is 7.60 Å². The van der Waals surface area contributed by atoms with Gasteiger partial charge in [0.25, 0.3) is 0 Å². The van der Waals surface area contributed by atoms with E-state index in [0.717, 1.165) is 12.8 Å². The van der Waals surface area contributed by atoms with Crippen molar-refractivity contribution in [2.24, 2.45) is 5.92 Å². The van der Waals surface area contributed by atoms with Gasteiger partial charge in [-0.25, -0.2) is 0 Å². The van der Waals surface area contributed by atoms with Crippen LogP contribution in [0.1, 0.15) is 40.0 Å². The summed E-state index contributed by atoms with van der Waals surface area (Å²) < 4.78 is 21.3. The van der Waals surface area contributed by atoms with Crippen molar-refractivity contribution >= 4 is 13.4 Å². The van der Waals surface area contributed by atoms with Gasteiger partial charge in [0.1, 0.15) is 11.9 Å². The SMILES string of the molecule is COP(=O)(CC(=O)C[C@@H](C)CCC=C(C)C)OC. The van der Waals surface area contributed by atoms with Gasteiger partial charge in [0.2, 0.25) is 0 Å². The molecule has 0 radical (unpaired) electrons. The third-order valence-corrected chi connectivity index (χ3v) is 4.57. The molecule has 0 saturated carbocycles. The third-order valence-electron chi connectivity index (χ3n) is 2.71. The molecule has 0 saturated heterocycles. The average molecular weight is 276 g/mol. The Balaban J connectivity index is 4.08. The first kappa shape index (κ1) is 17.6. The second-order valence-corrected chi connectivity index (χ2v) is 7.11. The van der Waals surface area contributed by atoms with E-state index in [4.69, 9.17) is 9.05 Å². The van der Waals surface area contributed by atoms with Gasteiger partial charge in [0.15, 0.2) is 0 Å². The Bertz CT molecular complexity index is 324. The molecular formula is C13H25O4P. The lowest BCUT2D eigenvalue weighted by atomic mass is 9.99. The molecule has 106 valence electrons. The molecule has 0 bridgehead atoms. The van der Waals surface area contributed by atoms with E-state index >= 15 is 0 Å². The molecule has 5 heteroatoms. The van der Waals surface area contributed by atoms with Crippen molar-refractivity contribution in [2.45, 2.75) is 40.0 Å². The van der Waals surface area contributed by atoms with Gasteiger partial charge < -0.3 is 9.05 Å².